The number of nitrogens with zero attached hydrogens (tertiary/aromatic N) is 3. The van der Waals surface area contributed by atoms with Crippen LogP contribution >= 0.6 is 0 Å². The van der Waals surface area contributed by atoms with Crippen molar-refractivity contribution in [3.05, 3.63) is 36.2 Å². The summed E-state index contributed by atoms with van der Waals surface area (Å²) in [5, 5.41) is 4.14. The van der Waals surface area contributed by atoms with Gasteiger partial charge in [-0.3, -0.25) is 4.79 Å². The molecule has 1 unspecified atom stereocenters. The van der Waals surface area contributed by atoms with E-state index in [0.717, 1.165) is 37.8 Å². The van der Waals surface area contributed by atoms with Gasteiger partial charge in [-0.15, -0.1) is 0 Å². The lowest BCUT2D eigenvalue weighted by Gasteiger charge is -2.27. The van der Waals surface area contributed by atoms with Gasteiger partial charge in [-0.1, -0.05) is 43.1 Å². The van der Waals surface area contributed by atoms with Crippen molar-refractivity contribution < 1.29 is 9.32 Å². The summed E-state index contributed by atoms with van der Waals surface area (Å²) in [6.45, 7) is 2.68. The molecule has 116 valence electrons. The summed E-state index contributed by atoms with van der Waals surface area (Å²) in [6, 6.07) is 9.67. The Morgan fingerprint density at radius 3 is 2.86 bits per heavy atom. The van der Waals surface area contributed by atoms with Crippen molar-refractivity contribution >= 4 is 5.91 Å². The summed E-state index contributed by atoms with van der Waals surface area (Å²) in [7, 11) is 0. The van der Waals surface area contributed by atoms with E-state index < -0.39 is 0 Å². The van der Waals surface area contributed by atoms with Crippen LogP contribution < -0.4 is 0 Å². The van der Waals surface area contributed by atoms with Gasteiger partial charge in [0.1, 0.15) is 0 Å². The molecule has 1 fully saturated rings. The fraction of sp³-hybridized carbons (Fsp3) is 0.471. The third-order valence-electron chi connectivity index (χ3n) is 4.14. The number of amides is 1. The second-order valence-electron chi connectivity index (χ2n) is 5.63. The van der Waals surface area contributed by atoms with E-state index in [9.17, 15) is 4.79 Å². The molecule has 1 aromatic carbocycles. The monoisotopic (exact) mass is 299 g/mol. The lowest BCUT2D eigenvalue weighted by atomic mass is 10.1. The Morgan fingerprint density at radius 2 is 2.09 bits per heavy atom. The minimum atomic E-state index is -0.0591. The molecule has 1 amide bonds. The number of hydrogen-bond acceptors (Lipinski definition) is 4. The van der Waals surface area contributed by atoms with E-state index in [4.69, 9.17) is 4.52 Å². The number of carbonyl (C=O) groups excluding carboxylic acids is 1. The first kappa shape index (κ1) is 14.8. The molecule has 0 spiro atoms. The highest BCUT2D eigenvalue weighted by atomic mass is 16.5. The van der Waals surface area contributed by atoms with Gasteiger partial charge in [0, 0.05) is 18.5 Å². The highest BCUT2D eigenvalue weighted by Crippen LogP contribution is 2.30. The maximum absolute atomic E-state index is 12.2. The molecular weight excluding hydrogens is 278 g/mol. The summed E-state index contributed by atoms with van der Waals surface area (Å²) in [4.78, 5) is 18.7. The quantitative estimate of drug-likeness (QED) is 0.869. The fourth-order valence-electron chi connectivity index (χ4n) is 2.95. The molecule has 2 aromatic rings. The standard InChI is InChI=1S/C17H21N3O2/c1-2-15(21)20-12-8-4-7-11-14(20)16-18-17(22-19-16)13-9-5-3-6-10-13/h3,5-6,9-10,14H,2,4,7-8,11-12H2,1H3. The first-order chi connectivity index (χ1) is 10.8. The summed E-state index contributed by atoms with van der Waals surface area (Å²) < 4.78 is 5.41. The SMILES string of the molecule is CCC(=O)N1CCCCCC1c1noc(-c2ccccc2)n1. The lowest BCUT2D eigenvalue weighted by molar-refractivity contribution is -0.133. The molecule has 0 bridgehead atoms. The Hall–Kier alpha value is -2.17. The number of aromatic nitrogens is 2. The Bertz CT molecular complexity index is 624. The van der Waals surface area contributed by atoms with Crippen LogP contribution in [0.1, 0.15) is 50.9 Å². The minimum Gasteiger partial charge on any atom is -0.334 e. The molecule has 22 heavy (non-hydrogen) atoms. The van der Waals surface area contributed by atoms with E-state index in [1.54, 1.807) is 0 Å². The van der Waals surface area contributed by atoms with Gasteiger partial charge in [-0.2, -0.15) is 4.98 Å². The van der Waals surface area contributed by atoms with Crippen LogP contribution in [-0.4, -0.2) is 27.5 Å². The van der Waals surface area contributed by atoms with Crippen molar-refractivity contribution in [2.24, 2.45) is 0 Å². The number of rotatable bonds is 3. The van der Waals surface area contributed by atoms with Crippen LogP contribution in [0.3, 0.4) is 0 Å². The van der Waals surface area contributed by atoms with Gasteiger partial charge in [0.2, 0.25) is 5.91 Å². The van der Waals surface area contributed by atoms with Crippen molar-refractivity contribution in [1.29, 1.82) is 0 Å². The van der Waals surface area contributed by atoms with Crippen LogP contribution in [0.4, 0.5) is 0 Å². The second-order valence-corrected chi connectivity index (χ2v) is 5.63. The molecule has 1 aromatic heterocycles. The highest BCUT2D eigenvalue weighted by molar-refractivity contribution is 5.76. The third-order valence-corrected chi connectivity index (χ3v) is 4.14. The van der Waals surface area contributed by atoms with E-state index in [0.29, 0.717) is 18.1 Å². The number of likely N-dealkylation sites (tertiary alicyclic amines) is 1. The van der Waals surface area contributed by atoms with E-state index >= 15 is 0 Å². The normalized spacial score (nSPS) is 19.0. The Kier molecular flexibility index (Phi) is 4.51. The third kappa shape index (κ3) is 3.03. The van der Waals surface area contributed by atoms with Gasteiger partial charge < -0.3 is 9.42 Å². The molecule has 5 heteroatoms. The van der Waals surface area contributed by atoms with Crippen LogP contribution in [0.15, 0.2) is 34.9 Å². The summed E-state index contributed by atoms with van der Waals surface area (Å²) in [6.07, 6.45) is 4.70. The topological polar surface area (TPSA) is 59.2 Å². The first-order valence-electron chi connectivity index (χ1n) is 7.98. The molecule has 2 heterocycles. The maximum atomic E-state index is 12.2. The number of benzene rings is 1. The minimum absolute atomic E-state index is 0.0591. The van der Waals surface area contributed by atoms with Crippen LogP contribution in [0.2, 0.25) is 0 Å². The van der Waals surface area contributed by atoms with E-state index in [1.165, 1.54) is 0 Å². The Morgan fingerprint density at radius 1 is 1.27 bits per heavy atom. The Labute approximate surface area is 130 Å². The largest absolute Gasteiger partial charge is 0.334 e. The number of hydrogen-bond donors (Lipinski definition) is 0. The predicted molar refractivity (Wildman–Crippen MR) is 82.9 cm³/mol. The first-order valence-corrected chi connectivity index (χ1v) is 7.98. The van der Waals surface area contributed by atoms with Crippen LogP contribution in [-0.2, 0) is 4.79 Å². The molecule has 1 saturated heterocycles. The molecule has 1 aliphatic heterocycles. The van der Waals surface area contributed by atoms with E-state index in [2.05, 4.69) is 10.1 Å². The number of carbonyl (C=O) groups is 1. The summed E-state index contributed by atoms with van der Waals surface area (Å²) in [5.41, 5.74) is 0.906. The van der Waals surface area contributed by atoms with Crippen LogP contribution in [0.25, 0.3) is 11.5 Å². The lowest BCUT2D eigenvalue weighted by Crippen LogP contribution is -2.34. The molecule has 1 aliphatic rings. The van der Waals surface area contributed by atoms with E-state index in [-0.39, 0.29) is 11.9 Å². The molecule has 3 rings (SSSR count). The van der Waals surface area contributed by atoms with Gasteiger partial charge in [0.15, 0.2) is 5.82 Å². The Balaban J connectivity index is 1.87. The smallest absolute Gasteiger partial charge is 0.257 e. The zero-order valence-corrected chi connectivity index (χ0v) is 12.9. The van der Waals surface area contributed by atoms with Gasteiger partial charge in [-0.25, -0.2) is 0 Å². The van der Waals surface area contributed by atoms with Gasteiger partial charge >= 0.3 is 0 Å². The van der Waals surface area contributed by atoms with Crippen molar-refractivity contribution in [2.75, 3.05) is 6.54 Å². The highest BCUT2D eigenvalue weighted by Gasteiger charge is 2.29. The van der Waals surface area contributed by atoms with Crippen molar-refractivity contribution in [3.63, 3.8) is 0 Å². The van der Waals surface area contributed by atoms with Crippen molar-refractivity contribution in [3.8, 4) is 11.5 Å². The second kappa shape index (κ2) is 6.73. The zero-order chi connectivity index (χ0) is 15.4. The zero-order valence-electron chi connectivity index (χ0n) is 12.9. The van der Waals surface area contributed by atoms with Crippen LogP contribution in [0.5, 0.6) is 0 Å². The fourth-order valence-corrected chi connectivity index (χ4v) is 2.95. The molecule has 0 radical (unpaired) electrons. The molecule has 1 atom stereocenters. The van der Waals surface area contributed by atoms with E-state index in [1.807, 2.05) is 42.2 Å². The molecular formula is C17H21N3O2. The van der Waals surface area contributed by atoms with Crippen LogP contribution in [0, 0.1) is 0 Å². The summed E-state index contributed by atoms with van der Waals surface area (Å²) >= 11 is 0. The average Bonchev–Trinajstić information content (AvgIpc) is 2.93. The van der Waals surface area contributed by atoms with Gasteiger partial charge in [-0.05, 0) is 25.0 Å². The van der Waals surface area contributed by atoms with Crippen molar-refractivity contribution in [2.45, 2.75) is 45.1 Å². The van der Waals surface area contributed by atoms with Gasteiger partial charge in [0.05, 0.1) is 6.04 Å². The molecule has 5 nitrogen and oxygen atoms in total. The molecule has 0 N–H and O–H groups in total. The summed E-state index contributed by atoms with van der Waals surface area (Å²) in [5.74, 6) is 1.31. The maximum Gasteiger partial charge on any atom is 0.257 e. The molecule has 0 aliphatic carbocycles. The predicted octanol–water partition coefficient (Wildman–Crippen LogP) is 3.59. The molecule has 0 saturated carbocycles. The van der Waals surface area contributed by atoms with Crippen molar-refractivity contribution in [1.82, 2.24) is 15.0 Å². The average molecular weight is 299 g/mol. The van der Waals surface area contributed by atoms with Gasteiger partial charge in [0.25, 0.3) is 5.89 Å².